The number of carboxylic acids is 1. The lowest BCUT2D eigenvalue weighted by atomic mass is 9.86. The highest BCUT2D eigenvalue weighted by atomic mass is 19.4. The molecule has 0 aromatic heterocycles. The molecule has 0 radical (unpaired) electrons. The molecule has 0 bridgehead atoms. The molecule has 25 heavy (non-hydrogen) atoms. The van der Waals surface area contributed by atoms with Crippen LogP contribution in [0.3, 0.4) is 0 Å². The van der Waals surface area contributed by atoms with Gasteiger partial charge >= 0.3 is 18.2 Å². The number of carbonyl (C=O) groups is 2. The Morgan fingerprint density at radius 3 is 2.44 bits per heavy atom. The smallest absolute Gasteiger partial charge is 0.416 e. The summed E-state index contributed by atoms with van der Waals surface area (Å²) in [6.45, 7) is 0.0558. The Hall–Kier alpha value is -2.25. The number of carbonyl (C=O) groups excluding carboxylic acids is 1. The fourth-order valence-electron chi connectivity index (χ4n) is 2.96. The molecule has 1 saturated carbocycles. The molecule has 138 valence electrons. The van der Waals surface area contributed by atoms with E-state index < -0.39 is 17.7 Å². The van der Waals surface area contributed by atoms with Crippen molar-refractivity contribution in [2.45, 2.75) is 44.4 Å². The van der Waals surface area contributed by atoms with E-state index in [9.17, 15) is 22.8 Å². The number of benzene rings is 1. The molecule has 0 aliphatic heterocycles. The zero-order valence-corrected chi connectivity index (χ0v) is 13.8. The van der Waals surface area contributed by atoms with Crippen LogP contribution in [0.25, 0.3) is 0 Å². The van der Waals surface area contributed by atoms with Crippen molar-refractivity contribution >= 4 is 12.0 Å². The van der Waals surface area contributed by atoms with E-state index in [0.29, 0.717) is 31.2 Å². The normalized spacial score (nSPS) is 20.8. The number of rotatable bonds is 4. The Labute approximate surface area is 143 Å². The van der Waals surface area contributed by atoms with Gasteiger partial charge in [-0.3, -0.25) is 4.79 Å². The predicted molar refractivity (Wildman–Crippen MR) is 84.8 cm³/mol. The van der Waals surface area contributed by atoms with E-state index in [2.05, 4.69) is 5.32 Å². The molecule has 0 unspecified atom stereocenters. The van der Waals surface area contributed by atoms with Crippen LogP contribution < -0.4 is 5.32 Å². The quantitative estimate of drug-likeness (QED) is 0.866. The first-order valence-electron chi connectivity index (χ1n) is 8.07. The third kappa shape index (κ3) is 5.37. The van der Waals surface area contributed by atoms with Gasteiger partial charge in [-0.2, -0.15) is 13.2 Å². The molecule has 1 aliphatic rings. The first-order chi connectivity index (χ1) is 11.7. The summed E-state index contributed by atoms with van der Waals surface area (Å²) in [6, 6.07) is 4.39. The van der Waals surface area contributed by atoms with Crippen molar-refractivity contribution in [3.8, 4) is 0 Å². The van der Waals surface area contributed by atoms with Crippen molar-refractivity contribution in [3.05, 3.63) is 35.4 Å². The highest BCUT2D eigenvalue weighted by molar-refractivity contribution is 5.74. The largest absolute Gasteiger partial charge is 0.481 e. The number of amides is 2. The van der Waals surface area contributed by atoms with Crippen LogP contribution in [0.15, 0.2) is 24.3 Å². The lowest BCUT2D eigenvalue weighted by Crippen LogP contribution is -2.44. The number of hydrogen-bond donors (Lipinski definition) is 2. The average Bonchev–Trinajstić information content (AvgIpc) is 2.54. The molecule has 0 heterocycles. The topological polar surface area (TPSA) is 69.6 Å². The fourth-order valence-corrected chi connectivity index (χ4v) is 2.96. The molecule has 1 fully saturated rings. The van der Waals surface area contributed by atoms with Gasteiger partial charge in [0, 0.05) is 19.6 Å². The molecular formula is C17H21F3N2O3. The predicted octanol–water partition coefficient (Wildman–Crippen LogP) is 3.49. The van der Waals surface area contributed by atoms with Gasteiger partial charge in [0.1, 0.15) is 0 Å². The second-order valence-corrected chi connectivity index (χ2v) is 6.39. The number of hydrogen-bond acceptors (Lipinski definition) is 2. The first kappa shape index (κ1) is 19.1. The van der Waals surface area contributed by atoms with Crippen LogP contribution in [0.2, 0.25) is 0 Å². The summed E-state index contributed by atoms with van der Waals surface area (Å²) in [4.78, 5) is 24.4. The Kier molecular flexibility index (Phi) is 5.92. The molecule has 2 N–H and O–H groups in total. The summed E-state index contributed by atoms with van der Waals surface area (Å²) in [6.07, 6.45) is -2.23. The van der Waals surface area contributed by atoms with Gasteiger partial charge in [0.2, 0.25) is 0 Å². The highest BCUT2D eigenvalue weighted by Crippen LogP contribution is 2.29. The van der Waals surface area contributed by atoms with E-state index >= 15 is 0 Å². The molecular weight excluding hydrogens is 337 g/mol. The molecule has 1 aromatic rings. The Bertz CT molecular complexity index is 626. The molecule has 1 aromatic carbocycles. The third-order valence-electron chi connectivity index (χ3n) is 4.42. The third-order valence-corrected chi connectivity index (χ3v) is 4.42. The number of nitrogens with zero attached hydrogens (tertiary/aromatic N) is 1. The molecule has 0 spiro atoms. The number of urea groups is 1. The second-order valence-electron chi connectivity index (χ2n) is 6.39. The molecule has 1 aliphatic carbocycles. The Morgan fingerprint density at radius 2 is 1.88 bits per heavy atom. The second kappa shape index (κ2) is 7.76. The van der Waals surface area contributed by atoms with Crippen LogP contribution in [-0.4, -0.2) is 35.1 Å². The van der Waals surface area contributed by atoms with E-state index in [1.165, 1.54) is 24.1 Å². The van der Waals surface area contributed by atoms with Gasteiger partial charge in [0.05, 0.1) is 11.5 Å². The number of aliphatic carboxylic acids is 1. The molecule has 8 heteroatoms. The van der Waals surface area contributed by atoms with Crippen molar-refractivity contribution in [2.75, 3.05) is 7.05 Å². The van der Waals surface area contributed by atoms with Crippen LogP contribution in [0.4, 0.5) is 18.0 Å². The lowest BCUT2D eigenvalue weighted by molar-refractivity contribution is -0.143. The molecule has 0 atom stereocenters. The maximum absolute atomic E-state index is 12.7. The minimum atomic E-state index is -4.42. The summed E-state index contributed by atoms with van der Waals surface area (Å²) in [7, 11) is 1.51. The highest BCUT2D eigenvalue weighted by Gasteiger charge is 2.31. The van der Waals surface area contributed by atoms with Crippen LogP contribution >= 0.6 is 0 Å². The van der Waals surface area contributed by atoms with Gasteiger partial charge in [-0.25, -0.2) is 4.79 Å². The van der Waals surface area contributed by atoms with E-state index in [0.717, 1.165) is 12.1 Å². The van der Waals surface area contributed by atoms with Crippen molar-refractivity contribution in [3.63, 3.8) is 0 Å². The molecule has 2 rings (SSSR count). The van der Waals surface area contributed by atoms with E-state index in [-0.39, 0.29) is 24.5 Å². The summed E-state index contributed by atoms with van der Waals surface area (Å²) >= 11 is 0. The zero-order chi connectivity index (χ0) is 18.6. The maximum atomic E-state index is 12.7. The van der Waals surface area contributed by atoms with Gasteiger partial charge in [0.15, 0.2) is 0 Å². The van der Waals surface area contributed by atoms with E-state index in [1.54, 1.807) is 0 Å². The van der Waals surface area contributed by atoms with E-state index in [1.807, 2.05) is 0 Å². The van der Waals surface area contributed by atoms with Crippen LogP contribution in [-0.2, 0) is 17.5 Å². The van der Waals surface area contributed by atoms with Gasteiger partial charge < -0.3 is 15.3 Å². The van der Waals surface area contributed by atoms with Gasteiger partial charge in [-0.15, -0.1) is 0 Å². The van der Waals surface area contributed by atoms with Crippen molar-refractivity contribution < 1.29 is 27.9 Å². The van der Waals surface area contributed by atoms with Crippen molar-refractivity contribution in [2.24, 2.45) is 5.92 Å². The van der Waals surface area contributed by atoms with Crippen LogP contribution in [0, 0.1) is 5.92 Å². The maximum Gasteiger partial charge on any atom is 0.416 e. The fraction of sp³-hybridized carbons (Fsp3) is 0.529. The van der Waals surface area contributed by atoms with Gasteiger partial charge in [0.25, 0.3) is 0 Å². The lowest BCUT2D eigenvalue weighted by Gasteiger charge is -2.29. The van der Waals surface area contributed by atoms with Crippen LogP contribution in [0.1, 0.15) is 36.8 Å². The summed E-state index contributed by atoms with van der Waals surface area (Å²) in [5.74, 6) is -1.18. The van der Waals surface area contributed by atoms with E-state index in [4.69, 9.17) is 5.11 Å². The molecule has 2 amide bonds. The number of nitrogens with one attached hydrogen (secondary N) is 1. The number of alkyl halides is 3. The minimum Gasteiger partial charge on any atom is -0.481 e. The minimum absolute atomic E-state index is 0.0558. The number of halogens is 3. The van der Waals surface area contributed by atoms with Crippen molar-refractivity contribution in [1.82, 2.24) is 10.2 Å². The Morgan fingerprint density at radius 1 is 1.24 bits per heavy atom. The summed E-state index contributed by atoms with van der Waals surface area (Å²) in [5, 5.41) is 11.8. The molecule has 0 saturated heterocycles. The SMILES string of the molecule is CN(Cc1cccc(C(F)(F)F)c1)C(=O)NC1CCC(C(=O)O)CC1. The van der Waals surface area contributed by atoms with Crippen molar-refractivity contribution in [1.29, 1.82) is 0 Å². The van der Waals surface area contributed by atoms with Gasteiger partial charge in [-0.1, -0.05) is 12.1 Å². The van der Waals surface area contributed by atoms with Gasteiger partial charge in [-0.05, 0) is 43.4 Å². The Balaban J connectivity index is 1.88. The molecule has 5 nitrogen and oxygen atoms in total. The first-order valence-corrected chi connectivity index (χ1v) is 8.07. The number of carboxylic acid groups (broad SMARTS) is 1. The summed E-state index contributed by atoms with van der Waals surface area (Å²) < 4.78 is 38.2. The zero-order valence-electron chi connectivity index (χ0n) is 13.8. The average molecular weight is 358 g/mol. The monoisotopic (exact) mass is 358 g/mol. The van der Waals surface area contributed by atoms with Crippen LogP contribution in [0.5, 0.6) is 0 Å². The standard InChI is InChI=1S/C17H21F3N2O3/c1-22(10-11-3-2-4-13(9-11)17(18,19)20)16(25)21-14-7-5-12(6-8-14)15(23)24/h2-4,9,12,14H,5-8,10H2,1H3,(H,21,25)(H,23,24). The summed E-state index contributed by atoms with van der Waals surface area (Å²) in [5.41, 5.74) is -0.354.